The van der Waals surface area contributed by atoms with Crippen LogP contribution in [0, 0.1) is 0 Å². The molecule has 0 saturated carbocycles. The predicted molar refractivity (Wildman–Crippen MR) is 75.5 cm³/mol. The molecule has 100 valence electrons. The van der Waals surface area contributed by atoms with Crippen molar-refractivity contribution < 1.29 is 4.79 Å². The van der Waals surface area contributed by atoms with Crippen LogP contribution < -0.4 is 11.1 Å². The Kier molecular flexibility index (Phi) is 6.16. The van der Waals surface area contributed by atoms with Gasteiger partial charge in [0.05, 0.1) is 0 Å². The Bertz CT molecular complexity index is 378. The lowest BCUT2D eigenvalue weighted by Crippen LogP contribution is -2.34. The smallest absolute Gasteiger partial charge is 0.218 e. The molecule has 3 nitrogen and oxygen atoms in total. The summed E-state index contributed by atoms with van der Waals surface area (Å²) in [4.78, 5) is 10.9. The summed E-state index contributed by atoms with van der Waals surface area (Å²) in [6.45, 7) is 4.12. The SMILES string of the molecule is CCCC(NC(C)CC(N)=O)c1ccc(Cl)cc1. The molecule has 0 aromatic heterocycles. The first-order valence-corrected chi connectivity index (χ1v) is 6.70. The fourth-order valence-electron chi connectivity index (χ4n) is 2.03. The van der Waals surface area contributed by atoms with Gasteiger partial charge in [-0.1, -0.05) is 37.1 Å². The van der Waals surface area contributed by atoms with Crippen molar-refractivity contribution in [3.8, 4) is 0 Å². The van der Waals surface area contributed by atoms with Gasteiger partial charge in [-0.2, -0.15) is 0 Å². The highest BCUT2D eigenvalue weighted by atomic mass is 35.5. The highest BCUT2D eigenvalue weighted by Gasteiger charge is 2.14. The van der Waals surface area contributed by atoms with E-state index in [1.807, 2.05) is 31.2 Å². The van der Waals surface area contributed by atoms with E-state index in [1.165, 1.54) is 5.56 Å². The third-order valence-corrected chi connectivity index (χ3v) is 3.09. The van der Waals surface area contributed by atoms with Gasteiger partial charge in [0.1, 0.15) is 0 Å². The molecule has 2 unspecified atom stereocenters. The van der Waals surface area contributed by atoms with Gasteiger partial charge < -0.3 is 11.1 Å². The number of hydrogen-bond acceptors (Lipinski definition) is 2. The van der Waals surface area contributed by atoms with Crippen LogP contribution in [0.4, 0.5) is 0 Å². The summed E-state index contributed by atoms with van der Waals surface area (Å²) < 4.78 is 0. The summed E-state index contributed by atoms with van der Waals surface area (Å²) in [5.41, 5.74) is 6.40. The largest absolute Gasteiger partial charge is 0.370 e. The van der Waals surface area contributed by atoms with E-state index in [1.54, 1.807) is 0 Å². The zero-order valence-corrected chi connectivity index (χ0v) is 11.7. The van der Waals surface area contributed by atoms with Crippen molar-refractivity contribution in [3.63, 3.8) is 0 Å². The van der Waals surface area contributed by atoms with E-state index >= 15 is 0 Å². The molecule has 0 aliphatic heterocycles. The molecule has 18 heavy (non-hydrogen) atoms. The van der Waals surface area contributed by atoms with Crippen LogP contribution in [0.1, 0.15) is 44.7 Å². The number of nitrogens with two attached hydrogens (primary N) is 1. The third-order valence-electron chi connectivity index (χ3n) is 2.84. The number of carbonyl (C=O) groups is 1. The van der Waals surface area contributed by atoms with Crippen LogP contribution in [0.25, 0.3) is 0 Å². The van der Waals surface area contributed by atoms with E-state index in [2.05, 4.69) is 12.2 Å². The Balaban J connectivity index is 2.69. The summed E-state index contributed by atoms with van der Waals surface area (Å²) in [5, 5.41) is 4.18. The van der Waals surface area contributed by atoms with Gasteiger partial charge in [0, 0.05) is 23.5 Å². The number of nitrogens with one attached hydrogen (secondary N) is 1. The van der Waals surface area contributed by atoms with Crippen molar-refractivity contribution in [2.45, 2.75) is 45.2 Å². The van der Waals surface area contributed by atoms with Crippen LogP contribution in [0.3, 0.4) is 0 Å². The summed E-state index contributed by atoms with van der Waals surface area (Å²) in [7, 11) is 0. The van der Waals surface area contributed by atoms with Crippen molar-refractivity contribution in [1.82, 2.24) is 5.32 Å². The second-order valence-electron chi connectivity index (χ2n) is 4.63. The zero-order chi connectivity index (χ0) is 13.5. The molecule has 0 fully saturated rings. The van der Waals surface area contributed by atoms with Crippen molar-refractivity contribution >= 4 is 17.5 Å². The molecule has 1 rings (SSSR count). The molecule has 0 radical (unpaired) electrons. The van der Waals surface area contributed by atoms with E-state index in [9.17, 15) is 4.79 Å². The maximum Gasteiger partial charge on any atom is 0.218 e. The standard InChI is InChI=1S/C14H21ClN2O/c1-3-4-13(17-10(2)9-14(16)18)11-5-7-12(15)8-6-11/h5-8,10,13,17H,3-4,9H2,1-2H3,(H2,16,18). The average molecular weight is 269 g/mol. The van der Waals surface area contributed by atoms with Crippen LogP contribution >= 0.6 is 11.6 Å². The normalized spacial score (nSPS) is 14.2. The number of carbonyl (C=O) groups excluding carboxylic acids is 1. The fourth-order valence-corrected chi connectivity index (χ4v) is 2.16. The Morgan fingerprint density at radius 2 is 2.00 bits per heavy atom. The monoisotopic (exact) mass is 268 g/mol. The highest BCUT2D eigenvalue weighted by Crippen LogP contribution is 2.21. The first-order chi connectivity index (χ1) is 8.52. The molecule has 0 heterocycles. The molecular weight excluding hydrogens is 248 g/mol. The fraction of sp³-hybridized carbons (Fsp3) is 0.500. The number of halogens is 1. The number of amides is 1. The molecule has 1 amide bonds. The minimum absolute atomic E-state index is 0.0785. The van der Waals surface area contributed by atoms with Gasteiger partial charge in [-0.15, -0.1) is 0 Å². The summed E-state index contributed by atoms with van der Waals surface area (Å²) in [5.74, 6) is -0.277. The van der Waals surface area contributed by atoms with Crippen molar-refractivity contribution in [2.75, 3.05) is 0 Å². The molecule has 1 aromatic rings. The minimum Gasteiger partial charge on any atom is -0.370 e. The lowest BCUT2D eigenvalue weighted by molar-refractivity contribution is -0.118. The predicted octanol–water partition coefficient (Wildman–Crippen LogP) is 3.03. The average Bonchev–Trinajstić information content (AvgIpc) is 2.28. The van der Waals surface area contributed by atoms with Crippen molar-refractivity contribution in [3.05, 3.63) is 34.9 Å². The Hall–Kier alpha value is -1.06. The number of hydrogen-bond donors (Lipinski definition) is 2. The number of benzene rings is 1. The van der Waals surface area contributed by atoms with Crippen LogP contribution in [-0.2, 0) is 4.79 Å². The summed E-state index contributed by atoms with van der Waals surface area (Å²) in [6, 6.07) is 8.13. The van der Waals surface area contributed by atoms with Crippen LogP contribution in [0.5, 0.6) is 0 Å². The molecule has 0 spiro atoms. The molecule has 0 aliphatic rings. The van der Waals surface area contributed by atoms with Crippen molar-refractivity contribution in [2.24, 2.45) is 5.73 Å². The first-order valence-electron chi connectivity index (χ1n) is 6.32. The molecule has 1 aromatic carbocycles. The first kappa shape index (κ1) is 15.0. The number of primary amides is 1. The molecule has 0 bridgehead atoms. The van der Waals surface area contributed by atoms with Crippen LogP contribution in [0.15, 0.2) is 24.3 Å². The van der Waals surface area contributed by atoms with E-state index in [0.29, 0.717) is 6.42 Å². The quantitative estimate of drug-likeness (QED) is 0.799. The van der Waals surface area contributed by atoms with Crippen LogP contribution in [0.2, 0.25) is 5.02 Å². The molecular formula is C14H21ClN2O. The van der Waals surface area contributed by atoms with E-state index in [0.717, 1.165) is 17.9 Å². The lowest BCUT2D eigenvalue weighted by atomic mass is 10.0. The summed E-state index contributed by atoms with van der Waals surface area (Å²) in [6.07, 6.45) is 2.45. The van der Waals surface area contributed by atoms with Gasteiger partial charge in [-0.3, -0.25) is 4.79 Å². The maximum absolute atomic E-state index is 10.9. The van der Waals surface area contributed by atoms with Gasteiger partial charge in [0.15, 0.2) is 0 Å². The molecule has 3 N–H and O–H groups in total. The highest BCUT2D eigenvalue weighted by molar-refractivity contribution is 6.30. The Labute approximate surface area is 114 Å². The van der Waals surface area contributed by atoms with Crippen LogP contribution in [-0.4, -0.2) is 11.9 Å². The van der Waals surface area contributed by atoms with Gasteiger partial charge in [0.2, 0.25) is 5.91 Å². The summed E-state index contributed by atoms with van der Waals surface area (Å²) >= 11 is 5.89. The van der Waals surface area contributed by atoms with E-state index in [-0.39, 0.29) is 18.0 Å². The van der Waals surface area contributed by atoms with Gasteiger partial charge >= 0.3 is 0 Å². The van der Waals surface area contributed by atoms with Gasteiger partial charge in [0.25, 0.3) is 0 Å². The molecule has 4 heteroatoms. The second-order valence-corrected chi connectivity index (χ2v) is 5.07. The lowest BCUT2D eigenvalue weighted by Gasteiger charge is -2.23. The number of rotatable bonds is 7. The van der Waals surface area contributed by atoms with Gasteiger partial charge in [-0.05, 0) is 31.0 Å². The molecule has 2 atom stereocenters. The third kappa shape index (κ3) is 5.07. The second kappa shape index (κ2) is 7.39. The maximum atomic E-state index is 10.9. The molecule has 0 saturated heterocycles. The Morgan fingerprint density at radius 3 is 2.50 bits per heavy atom. The van der Waals surface area contributed by atoms with E-state index in [4.69, 9.17) is 17.3 Å². The minimum atomic E-state index is -0.277. The Morgan fingerprint density at radius 1 is 1.39 bits per heavy atom. The zero-order valence-electron chi connectivity index (χ0n) is 10.9. The van der Waals surface area contributed by atoms with E-state index < -0.39 is 0 Å². The van der Waals surface area contributed by atoms with Gasteiger partial charge in [-0.25, -0.2) is 0 Å². The molecule has 0 aliphatic carbocycles. The van der Waals surface area contributed by atoms with Crippen molar-refractivity contribution in [1.29, 1.82) is 0 Å². The topological polar surface area (TPSA) is 55.1 Å².